The first-order valence-corrected chi connectivity index (χ1v) is 9.02. The van der Waals surface area contributed by atoms with E-state index in [2.05, 4.69) is 5.32 Å². The van der Waals surface area contributed by atoms with Crippen molar-refractivity contribution >= 4 is 34.8 Å². The van der Waals surface area contributed by atoms with Gasteiger partial charge in [0.15, 0.2) is 6.61 Å². The number of nitrogens with zero attached hydrogens (tertiary/aromatic N) is 2. The lowest BCUT2D eigenvalue weighted by Crippen LogP contribution is -2.41. The summed E-state index contributed by atoms with van der Waals surface area (Å²) in [5, 5.41) is 2.80. The molecule has 0 aromatic heterocycles. The number of esters is 1. The van der Waals surface area contributed by atoms with E-state index in [1.165, 1.54) is 4.90 Å². The van der Waals surface area contributed by atoms with Crippen molar-refractivity contribution in [3.63, 3.8) is 0 Å². The largest absolute Gasteiger partial charge is 0.452 e. The summed E-state index contributed by atoms with van der Waals surface area (Å²) >= 11 is 0. The Kier molecular flexibility index (Phi) is 5.63. The molecule has 0 saturated carbocycles. The lowest BCUT2D eigenvalue weighted by molar-refractivity contribution is -0.122. The van der Waals surface area contributed by atoms with Crippen LogP contribution in [0.3, 0.4) is 0 Å². The number of fused-ring (bicyclic) bond motifs is 1. The van der Waals surface area contributed by atoms with E-state index < -0.39 is 12.6 Å². The molecule has 0 spiro atoms. The van der Waals surface area contributed by atoms with Gasteiger partial charge in [-0.1, -0.05) is 18.2 Å². The Morgan fingerprint density at radius 2 is 1.93 bits per heavy atom. The molecule has 0 saturated heterocycles. The van der Waals surface area contributed by atoms with E-state index in [-0.39, 0.29) is 24.3 Å². The number of amides is 2. The third kappa shape index (κ3) is 4.14. The molecular formula is C21H23N3O4. The van der Waals surface area contributed by atoms with E-state index in [0.717, 1.165) is 5.69 Å². The maximum absolute atomic E-state index is 12.8. The zero-order chi connectivity index (χ0) is 20.3. The van der Waals surface area contributed by atoms with Crippen LogP contribution in [0.25, 0.3) is 0 Å². The summed E-state index contributed by atoms with van der Waals surface area (Å²) < 4.78 is 5.25. The van der Waals surface area contributed by atoms with E-state index in [1.54, 1.807) is 49.4 Å². The van der Waals surface area contributed by atoms with Crippen molar-refractivity contribution in [2.45, 2.75) is 19.4 Å². The summed E-state index contributed by atoms with van der Waals surface area (Å²) in [5.41, 5.74) is 2.40. The van der Waals surface area contributed by atoms with Crippen LogP contribution in [0.2, 0.25) is 0 Å². The predicted octanol–water partition coefficient (Wildman–Crippen LogP) is 2.67. The first-order valence-electron chi connectivity index (χ1n) is 9.02. The highest BCUT2D eigenvalue weighted by Gasteiger charge is 2.30. The van der Waals surface area contributed by atoms with Crippen molar-refractivity contribution in [3.05, 3.63) is 54.1 Å². The molecule has 0 bridgehead atoms. The van der Waals surface area contributed by atoms with Gasteiger partial charge in [-0.15, -0.1) is 0 Å². The molecule has 7 heteroatoms. The zero-order valence-corrected chi connectivity index (χ0v) is 16.1. The third-order valence-electron chi connectivity index (χ3n) is 4.55. The zero-order valence-electron chi connectivity index (χ0n) is 16.1. The molecule has 3 rings (SSSR count). The number of rotatable bonds is 4. The molecule has 1 N–H and O–H groups in total. The van der Waals surface area contributed by atoms with Crippen molar-refractivity contribution in [2.24, 2.45) is 0 Å². The maximum Gasteiger partial charge on any atom is 0.338 e. The fraction of sp³-hybridized carbons (Fsp3) is 0.286. The molecule has 0 unspecified atom stereocenters. The number of benzene rings is 2. The second-order valence-electron chi connectivity index (χ2n) is 6.90. The van der Waals surface area contributed by atoms with Crippen molar-refractivity contribution in [1.29, 1.82) is 0 Å². The Labute approximate surface area is 163 Å². The number of ether oxygens (including phenoxy) is 1. The Balaban J connectivity index is 1.74. The molecule has 2 aromatic rings. The van der Waals surface area contributed by atoms with Crippen molar-refractivity contribution in [3.8, 4) is 0 Å². The standard InChI is InChI=1S/C21H23N3O4/c1-14-11-19(25)22-17-9-4-5-10-18(17)24(14)20(26)13-28-21(27)15-7-6-8-16(12-15)23(2)3/h4-10,12,14H,11,13H2,1-3H3,(H,22,25)/t14-/m1/s1. The number of carbonyl (C=O) groups is 3. The monoisotopic (exact) mass is 381 g/mol. The maximum atomic E-state index is 12.8. The van der Waals surface area contributed by atoms with E-state index >= 15 is 0 Å². The van der Waals surface area contributed by atoms with Gasteiger partial charge in [0.05, 0.1) is 16.9 Å². The van der Waals surface area contributed by atoms with Gasteiger partial charge in [0.2, 0.25) is 5.91 Å². The number of anilines is 3. The summed E-state index contributed by atoms with van der Waals surface area (Å²) in [4.78, 5) is 40.6. The first kappa shape index (κ1) is 19.4. The average molecular weight is 381 g/mol. The number of nitrogens with one attached hydrogen (secondary N) is 1. The van der Waals surface area contributed by atoms with Gasteiger partial charge >= 0.3 is 5.97 Å². The van der Waals surface area contributed by atoms with E-state index in [9.17, 15) is 14.4 Å². The first-order chi connectivity index (χ1) is 13.4. The molecule has 0 aliphatic carbocycles. The van der Waals surface area contributed by atoms with Crippen LogP contribution in [0, 0.1) is 0 Å². The van der Waals surface area contributed by atoms with Gasteiger partial charge in [-0.05, 0) is 37.3 Å². The molecule has 1 aliphatic heterocycles. The summed E-state index contributed by atoms with van der Waals surface area (Å²) in [6, 6.07) is 13.7. The van der Waals surface area contributed by atoms with Crippen LogP contribution in [0.1, 0.15) is 23.7 Å². The molecule has 1 aliphatic rings. The SMILES string of the molecule is C[C@@H]1CC(=O)Nc2ccccc2N1C(=O)COC(=O)c1cccc(N(C)C)c1. The molecule has 0 fully saturated rings. The molecule has 1 heterocycles. The fourth-order valence-electron chi connectivity index (χ4n) is 3.16. The van der Waals surface area contributed by atoms with E-state index in [4.69, 9.17) is 4.74 Å². The normalized spacial score (nSPS) is 15.9. The van der Waals surface area contributed by atoms with Gasteiger partial charge in [0.1, 0.15) is 0 Å². The van der Waals surface area contributed by atoms with Crippen LogP contribution in [-0.2, 0) is 14.3 Å². The van der Waals surface area contributed by atoms with Crippen LogP contribution < -0.4 is 15.1 Å². The molecule has 28 heavy (non-hydrogen) atoms. The summed E-state index contributed by atoms with van der Waals surface area (Å²) in [5.74, 6) is -1.11. The summed E-state index contributed by atoms with van der Waals surface area (Å²) in [7, 11) is 3.75. The van der Waals surface area contributed by atoms with Crippen LogP contribution in [0.4, 0.5) is 17.1 Å². The molecule has 0 radical (unpaired) electrons. The Bertz CT molecular complexity index is 910. The van der Waals surface area contributed by atoms with Gasteiger partial charge in [-0.25, -0.2) is 4.79 Å². The molecule has 7 nitrogen and oxygen atoms in total. The Hall–Kier alpha value is -3.35. The van der Waals surface area contributed by atoms with Crippen LogP contribution >= 0.6 is 0 Å². The average Bonchev–Trinajstić information content (AvgIpc) is 2.80. The minimum Gasteiger partial charge on any atom is -0.452 e. The van der Waals surface area contributed by atoms with Gasteiger partial charge in [0, 0.05) is 32.2 Å². The second kappa shape index (κ2) is 8.12. The Morgan fingerprint density at radius 1 is 1.18 bits per heavy atom. The predicted molar refractivity (Wildman–Crippen MR) is 108 cm³/mol. The molecule has 2 aromatic carbocycles. The third-order valence-corrected chi connectivity index (χ3v) is 4.55. The van der Waals surface area contributed by atoms with Crippen LogP contribution in [-0.4, -0.2) is 44.5 Å². The highest BCUT2D eigenvalue weighted by atomic mass is 16.5. The Morgan fingerprint density at radius 3 is 2.68 bits per heavy atom. The van der Waals surface area contributed by atoms with E-state index in [1.807, 2.05) is 25.1 Å². The smallest absolute Gasteiger partial charge is 0.338 e. The topological polar surface area (TPSA) is 79.0 Å². The van der Waals surface area contributed by atoms with Gasteiger partial charge in [-0.2, -0.15) is 0 Å². The quantitative estimate of drug-likeness (QED) is 0.824. The van der Waals surface area contributed by atoms with Crippen molar-refractivity contribution < 1.29 is 19.1 Å². The van der Waals surface area contributed by atoms with Gasteiger partial charge < -0.3 is 19.9 Å². The van der Waals surface area contributed by atoms with Crippen molar-refractivity contribution in [1.82, 2.24) is 0 Å². The van der Waals surface area contributed by atoms with Crippen LogP contribution in [0.15, 0.2) is 48.5 Å². The highest BCUT2D eigenvalue weighted by molar-refractivity contribution is 6.05. The molecule has 1 atom stereocenters. The highest BCUT2D eigenvalue weighted by Crippen LogP contribution is 2.31. The fourth-order valence-corrected chi connectivity index (χ4v) is 3.16. The lowest BCUT2D eigenvalue weighted by atomic mass is 10.1. The number of carbonyl (C=O) groups excluding carboxylic acids is 3. The van der Waals surface area contributed by atoms with Gasteiger partial charge in [0.25, 0.3) is 5.91 Å². The summed E-state index contributed by atoms with van der Waals surface area (Å²) in [6.07, 6.45) is 0.166. The lowest BCUT2D eigenvalue weighted by Gasteiger charge is -2.27. The second-order valence-corrected chi connectivity index (χ2v) is 6.90. The van der Waals surface area contributed by atoms with Gasteiger partial charge in [-0.3, -0.25) is 9.59 Å². The summed E-state index contributed by atoms with van der Waals surface area (Å²) in [6.45, 7) is 1.39. The number of hydrogen-bond donors (Lipinski definition) is 1. The number of hydrogen-bond acceptors (Lipinski definition) is 5. The minimum atomic E-state index is -0.568. The molecular weight excluding hydrogens is 358 g/mol. The molecule has 2 amide bonds. The van der Waals surface area contributed by atoms with E-state index in [0.29, 0.717) is 16.9 Å². The van der Waals surface area contributed by atoms with Crippen LogP contribution in [0.5, 0.6) is 0 Å². The number of para-hydroxylation sites is 2. The molecule has 146 valence electrons. The van der Waals surface area contributed by atoms with Crippen molar-refractivity contribution in [2.75, 3.05) is 35.8 Å². The minimum absolute atomic E-state index is 0.159.